The molecule has 0 bridgehead atoms. The largest absolute Gasteiger partial charge is 0.484 e. The Labute approximate surface area is 331 Å². The minimum absolute atomic E-state index is 0.0254. The van der Waals surface area contributed by atoms with Crippen LogP contribution in [0.25, 0.3) is 0 Å². The number of hydrogen-bond acceptors (Lipinski definition) is 7. The van der Waals surface area contributed by atoms with Crippen molar-refractivity contribution in [1.29, 1.82) is 0 Å². The van der Waals surface area contributed by atoms with Gasteiger partial charge in [-0.2, -0.15) is 0 Å². The number of aliphatic hydroxyl groups excluding tert-OH is 1. The van der Waals surface area contributed by atoms with Crippen LogP contribution in [0.3, 0.4) is 0 Å². The van der Waals surface area contributed by atoms with Crippen LogP contribution in [-0.4, -0.2) is 76.7 Å². The van der Waals surface area contributed by atoms with E-state index in [1.165, 1.54) is 0 Å². The van der Waals surface area contributed by atoms with E-state index in [0.29, 0.717) is 18.6 Å². The lowest BCUT2D eigenvalue weighted by molar-refractivity contribution is -0.142. The molecule has 0 aliphatic carbocycles. The van der Waals surface area contributed by atoms with Crippen molar-refractivity contribution in [2.75, 3.05) is 6.61 Å². The zero-order chi connectivity index (χ0) is 41.2. The summed E-state index contributed by atoms with van der Waals surface area (Å²) in [6.45, 7) is 11.0. The fourth-order valence-electron chi connectivity index (χ4n) is 6.44. The van der Waals surface area contributed by atoms with E-state index in [1.807, 2.05) is 84.0 Å². The third-order valence-electron chi connectivity index (χ3n) is 9.89. The molecule has 0 heterocycles. The highest BCUT2D eigenvalue weighted by atomic mass is 16.5. The van der Waals surface area contributed by atoms with Gasteiger partial charge in [-0.15, -0.1) is 0 Å². The quantitative estimate of drug-likeness (QED) is 0.0803. The Morgan fingerprint density at radius 1 is 0.643 bits per heavy atom. The number of carboxylic acids is 1. The van der Waals surface area contributed by atoms with Gasteiger partial charge >= 0.3 is 5.97 Å². The third kappa shape index (κ3) is 15.1. The summed E-state index contributed by atoms with van der Waals surface area (Å²) in [7, 11) is 0. The maximum absolute atomic E-state index is 14.0. The highest BCUT2D eigenvalue weighted by Gasteiger charge is 2.36. The molecule has 0 aliphatic rings. The van der Waals surface area contributed by atoms with Crippen LogP contribution in [0.1, 0.15) is 71.9 Å². The highest BCUT2D eigenvalue weighted by molar-refractivity contribution is 5.91. The molecule has 0 aliphatic heterocycles. The lowest BCUT2D eigenvalue weighted by atomic mass is 9.85. The first-order valence-electron chi connectivity index (χ1n) is 19.5. The van der Waals surface area contributed by atoms with E-state index in [0.717, 1.165) is 11.1 Å². The topological polar surface area (TPSA) is 183 Å². The molecule has 3 aromatic rings. The number of nitrogens with one attached hydrogen (secondary N) is 4. The van der Waals surface area contributed by atoms with Crippen molar-refractivity contribution in [2.45, 2.75) is 104 Å². The van der Waals surface area contributed by atoms with E-state index < -0.39 is 65.8 Å². The number of benzene rings is 3. The van der Waals surface area contributed by atoms with Gasteiger partial charge in [-0.05, 0) is 53.9 Å². The Morgan fingerprint density at radius 2 is 1.18 bits per heavy atom. The lowest BCUT2D eigenvalue weighted by Gasteiger charge is -2.32. The van der Waals surface area contributed by atoms with Crippen molar-refractivity contribution in [3.63, 3.8) is 0 Å². The van der Waals surface area contributed by atoms with Gasteiger partial charge in [-0.3, -0.25) is 19.2 Å². The number of carbonyl (C=O) groups is 5. The van der Waals surface area contributed by atoms with Crippen molar-refractivity contribution >= 4 is 29.6 Å². The Morgan fingerprint density at radius 3 is 1.68 bits per heavy atom. The molecule has 0 unspecified atom stereocenters. The molecule has 4 amide bonds. The second-order valence-electron chi connectivity index (χ2n) is 15.3. The van der Waals surface area contributed by atoms with Crippen LogP contribution >= 0.6 is 0 Å². The average Bonchev–Trinajstić information content (AvgIpc) is 3.17. The monoisotopic (exact) mass is 772 g/mol. The maximum Gasteiger partial charge on any atom is 0.326 e. The number of para-hydroxylation sites is 1. The molecule has 0 saturated heterocycles. The summed E-state index contributed by atoms with van der Waals surface area (Å²) in [6.07, 6.45) is 0.00134. The maximum atomic E-state index is 14.0. The van der Waals surface area contributed by atoms with Gasteiger partial charge in [0.15, 0.2) is 6.61 Å². The normalized spacial score (nSPS) is 15.0. The molecule has 6 N–H and O–H groups in total. The average molecular weight is 773 g/mol. The van der Waals surface area contributed by atoms with Crippen molar-refractivity contribution in [3.8, 4) is 5.75 Å². The van der Waals surface area contributed by atoms with E-state index in [4.69, 9.17) is 4.74 Å². The summed E-state index contributed by atoms with van der Waals surface area (Å²) in [4.78, 5) is 66.7. The molecule has 304 valence electrons. The number of amides is 4. The van der Waals surface area contributed by atoms with E-state index in [9.17, 15) is 34.2 Å². The zero-order valence-electron chi connectivity index (χ0n) is 33.4. The lowest BCUT2D eigenvalue weighted by Crippen LogP contribution is -2.56. The van der Waals surface area contributed by atoms with E-state index in [-0.39, 0.29) is 43.6 Å². The molecule has 0 aromatic heterocycles. The molecule has 3 rings (SSSR count). The first-order chi connectivity index (χ1) is 26.7. The van der Waals surface area contributed by atoms with E-state index in [2.05, 4.69) is 21.3 Å². The van der Waals surface area contributed by atoms with Gasteiger partial charge < -0.3 is 36.2 Å². The van der Waals surface area contributed by atoms with Crippen LogP contribution in [0.5, 0.6) is 5.75 Å². The van der Waals surface area contributed by atoms with Crippen molar-refractivity contribution in [3.05, 3.63) is 102 Å². The molecule has 12 heteroatoms. The van der Waals surface area contributed by atoms with Crippen LogP contribution in [0.15, 0.2) is 91.0 Å². The van der Waals surface area contributed by atoms with Crippen LogP contribution in [0.2, 0.25) is 0 Å². The molecule has 0 spiro atoms. The van der Waals surface area contributed by atoms with Gasteiger partial charge in [0, 0.05) is 18.8 Å². The molecular weight excluding hydrogens is 713 g/mol. The Hall–Kier alpha value is -5.23. The Kier molecular flexibility index (Phi) is 18.5. The van der Waals surface area contributed by atoms with Gasteiger partial charge in [0.25, 0.3) is 5.91 Å². The molecule has 7 atom stereocenters. The van der Waals surface area contributed by atoms with Gasteiger partial charge in [-0.1, -0.05) is 127 Å². The predicted octanol–water partition coefficient (Wildman–Crippen LogP) is 4.69. The minimum Gasteiger partial charge on any atom is -0.484 e. The molecule has 3 aromatic carbocycles. The summed E-state index contributed by atoms with van der Waals surface area (Å²) in [5.74, 6) is -4.02. The summed E-state index contributed by atoms with van der Waals surface area (Å²) < 4.78 is 5.60. The minimum atomic E-state index is -1.21. The van der Waals surface area contributed by atoms with Gasteiger partial charge in [-0.25, -0.2) is 4.79 Å². The van der Waals surface area contributed by atoms with Crippen LogP contribution < -0.4 is 26.0 Å². The van der Waals surface area contributed by atoms with Gasteiger partial charge in [0.05, 0.1) is 12.1 Å². The van der Waals surface area contributed by atoms with E-state index >= 15 is 0 Å². The number of ether oxygens (including phenoxy) is 1. The third-order valence-corrected chi connectivity index (χ3v) is 9.89. The first kappa shape index (κ1) is 45.2. The van der Waals surface area contributed by atoms with Crippen molar-refractivity contribution in [1.82, 2.24) is 21.3 Å². The smallest absolute Gasteiger partial charge is 0.326 e. The second-order valence-corrected chi connectivity index (χ2v) is 15.3. The molecular formula is C44H60N4O8. The fraction of sp³-hybridized carbons (Fsp3) is 0.477. The highest BCUT2D eigenvalue weighted by Crippen LogP contribution is 2.23. The fourth-order valence-corrected chi connectivity index (χ4v) is 6.44. The summed E-state index contributed by atoms with van der Waals surface area (Å²) >= 11 is 0. The summed E-state index contributed by atoms with van der Waals surface area (Å²) in [5, 5.41) is 32.9. The number of aliphatic hydroxyl groups is 1. The molecule has 0 saturated carbocycles. The number of aliphatic carboxylic acids is 1. The Balaban J connectivity index is 1.76. The standard InChI is InChI=1S/C44H60N4O8/c1-7-30(6)40(43(53)47-37(44(54)55)25-32-19-13-9-14-20-32)48-41(51)34(29(4)5)26-38(49)35(23-28(2)3)46-42(52)36(24-31-17-11-8-12-18-31)45-39(50)27-56-33-21-15-10-16-22-33/h8-22,28-30,34-38,40,49H,7,23-27H2,1-6H3,(H,45,50)(H,46,52)(H,47,53)(H,48,51)(H,54,55)/t30-,34+,35-,36-,37-,38-,40-/m0/s1. The molecule has 12 nitrogen and oxygen atoms in total. The number of rotatable bonds is 23. The van der Waals surface area contributed by atoms with Crippen molar-refractivity contribution in [2.24, 2.45) is 23.7 Å². The number of carboxylic acid groups (broad SMARTS) is 1. The molecule has 56 heavy (non-hydrogen) atoms. The van der Waals surface area contributed by atoms with Crippen LogP contribution in [-0.2, 0) is 36.8 Å². The predicted molar refractivity (Wildman–Crippen MR) is 215 cm³/mol. The molecule has 0 radical (unpaired) electrons. The van der Waals surface area contributed by atoms with Crippen LogP contribution in [0, 0.1) is 23.7 Å². The van der Waals surface area contributed by atoms with Gasteiger partial charge in [0.2, 0.25) is 17.7 Å². The van der Waals surface area contributed by atoms with Gasteiger partial charge in [0.1, 0.15) is 23.9 Å². The van der Waals surface area contributed by atoms with Crippen LogP contribution in [0.4, 0.5) is 0 Å². The number of hydrogen-bond donors (Lipinski definition) is 6. The Bertz CT molecular complexity index is 1670. The van der Waals surface area contributed by atoms with E-state index in [1.54, 1.807) is 48.5 Å². The second kappa shape index (κ2) is 23.0. The zero-order valence-corrected chi connectivity index (χ0v) is 33.4. The molecule has 0 fully saturated rings. The SMILES string of the molecule is CC[C@H](C)[C@H](NC(=O)[C@H](C[C@H](O)[C@H](CC(C)C)NC(=O)[C@H](Cc1ccccc1)NC(=O)COc1ccccc1)C(C)C)C(=O)N[C@@H](Cc1ccccc1)C(=O)O. The summed E-state index contributed by atoms with van der Waals surface area (Å²) in [5.41, 5.74) is 1.57. The summed E-state index contributed by atoms with van der Waals surface area (Å²) in [6, 6.07) is 23.1. The number of carbonyl (C=O) groups excluding carboxylic acids is 4. The van der Waals surface area contributed by atoms with Crippen molar-refractivity contribution < 1.29 is 38.9 Å². The first-order valence-corrected chi connectivity index (χ1v) is 19.5.